The predicted molar refractivity (Wildman–Crippen MR) is 157 cm³/mol. The van der Waals surface area contributed by atoms with Crippen molar-refractivity contribution in [3.8, 4) is 22.6 Å². The van der Waals surface area contributed by atoms with E-state index in [1.54, 1.807) is 29.7 Å². The molecule has 0 radical (unpaired) electrons. The van der Waals surface area contributed by atoms with E-state index in [4.69, 9.17) is 21.3 Å². The van der Waals surface area contributed by atoms with E-state index in [1.807, 2.05) is 67.6 Å². The van der Waals surface area contributed by atoms with E-state index in [1.165, 1.54) is 30.2 Å². The maximum atomic E-state index is 14.1. The number of halogens is 1. The lowest BCUT2D eigenvalue weighted by molar-refractivity contribution is -0.115. The van der Waals surface area contributed by atoms with Gasteiger partial charge in [-0.15, -0.1) is 11.3 Å². The van der Waals surface area contributed by atoms with Crippen molar-refractivity contribution in [2.75, 3.05) is 12.4 Å². The third kappa shape index (κ3) is 5.07. The molecule has 0 bridgehead atoms. The van der Waals surface area contributed by atoms with Crippen molar-refractivity contribution in [3.63, 3.8) is 0 Å². The highest BCUT2D eigenvalue weighted by atomic mass is 35.5. The second-order valence-corrected chi connectivity index (χ2v) is 11.5. The van der Waals surface area contributed by atoms with Gasteiger partial charge < -0.3 is 10.1 Å². The lowest BCUT2D eigenvalue weighted by Gasteiger charge is -2.17. The Kier molecular flexibility index (Phi) is 7.56. The standard InChI is InChI=1S/C29H24ClN3O3S2/c1-17-24(19-10-6-4-7-11-19)25-27(37-17)32-29(33(28(25)35)21-12-8-5-9-13-21)38-18(2)26(34)31-22-16-20(30)14-15-23(22)36-3/h4-16,18H,1-3H3,(H,31,34). The fourth-order valence-electron chi connectivity index (χ4n) is 4.20. The first-order valence-corrected chi connectivity index (χ1v) is 13.9. The first-order valence-electron chi connectivity index (χ1n) is 11.9. The summed E-state index contributed by atoms with van der Waals surface area (Å²) in [5.74, 6) is 0.236. The molecule has 9 heteroatoms. The van der Waals surface area contributed by atoms with Crippen molar-refractivity contribution in [1.29, 1.82) is 0 Å². The molecule has 0 fully saturated rings. The molecule has 1 unspecified atom stereocenters. The van der Waals surface area contributed by atoms with Gasteiger partial charge in [0, 0.05) is 15.5 Å². The van der Waals surface area contributed by atoms with Crippen LogP contribution in [-0.2, 0) is 4.79 Å². The Bertz CT molecular complexity index is 1680. The average Bonchev–Trinajstić information content (AvgIpc) is 3.25. The van der Waals surface area contributed by atoms with Crippen LogP contribution in [0.25, 0.3) is 27.0 Å². The van der Waals surface area contributed by atoms with Gasteiger partial charge in [-0.25, -0.2) is 4.98 Å². The molecular weight excluding hydrogens is 538 g/mol. The topological polar surface area (TPSA) is 73.2 Å². The highest BCUT2D eigenvalue weighted by Crippen LogP contribution is 2.37. The Hall–Kier alpha value is -3.59. The number of fused-ring (bicyclic) bond motifs is 1. The molecular formula is C29H24ClN3O3S2. The van der Waals surface area contributed by atoms with E-state index in [-0.39, 0.29) is 11.5 Å². The van der Waals surface area contributed by atoms with E-state index in [9.17, 15) is 9.59 Å². The van der Waals surface area contributed by atoms with Crippen LogP contribution in [0, 0.1) is 6.92 Å². The van der Waals surface area contributed by atoms with Crippen LogP contribution in [0.2, 0.25) is 5.02 Å². The first kappa shape index (κ1) is 26.0. The average molecular weight is 562 g/mol. The Balaban J connectivity index is 1.59. The highest BCUT2D eigenvalue weighted by Gasteiger charge is 2.24. The number of benzene rings is 3. The van der Waals surface area contributed by atoms with Crippen LogP contribution in [0.1, 0.15) is 11.8 Å². The van der Waals surface area contributed by atoms with Crippen LogP contribution >= 0.6 is 34.7 Å². The fourth-order valence-corrected chi connectivity index (χ4v) is 6.39. The van der Waals surface area contributed by atoms with Gasteiger partial charge in [0.15, 0.2) is 5.16 Å². The van der Waals surface area contributed by atoms with Crippen LogP contribution in [0.4, 0.5) is 5.69 Å². The Morgan fingerprint density at radius 3 is 2.45 bits per heavy atom. The molecule has 1 amide bonds. The molecule has 6 nitrogen and oxygen atoms in total. The Morgan fingerprint density at radius 2 is 1.76 bits per heavy atom. The molecule has 2 aromatic heterocycles. The molecule has 3 aromatic carbocycles. The molecule has 192 valence electrons. The molecule has 1 N–H and O–H groups in total. The molecule has 1 atom stereocenters. The zero-order chi connectivity index (χ0) is 26.8. The van der Waals surface area contributed by atoms with Crippen molar-refractivity contribution >= 4 is 56.5 Å². The lowest BCUT2D eigenvalue weighted by atomic mass is 10.0. The van der Waals surface area contributed by atoms with Crippen molar-refractivity contribution in [3.05, 3.63) is 99.1 Å². The van der Waals surface area contributed by atoms with Crippen LogP contribution < -0.4 is 15.6 Å². The van der Waals surface area contributed by atoms with Crippen LogP contribution in [0.3, 0.4) is 0 Å². The number of thiophene rings is 1. The molecule has 0 saturated heterocycles. The molecule has 2 heterocycles. The summed E-state index contributed by atoms with van der Waals surface area (Å²) in [4.78, 5) is 33.9. The Morgan fingerprint density at radius 1 is 1.08 bits per heavy atom. The van der Waals surface area contributed by atoms with Gasteiger partial charge in [0.1, 0.15) is 10.6 Å². The minimum Gasteiger partial charge on any atom is -0.495 e. The molecule has 38 heavy (non-hydrogen) atoms. The number of anilines is 1. The maximum Gasteiger partial charge on any atom is 0.268 e. The number of aryl methyl sites for hydroxylation is 1. The summed E-state index contributed by atoms with van der Waals surface area (Å²) in [5.41, 5.74) is 2.85. The molecule has 0 saturated carbocycles. The number of nitrogens with one attached hydrogen (secondary N) is 1. The Labute approximate surface area is 233 Å². The predicted octanol–water partition coefficient (Wildman–Crippen LogP) is 7.20. The quantitative estimate of drug-likeness (QED) is 0.168. The number of ether oxygens (including phenoxy) is 1. The van der Waals surface area contributed by atoms with Gasteiger partial charge in [0.25, 0.3) is 5.56 Å². The molecule has 0 aliphatic carbocycles. The number of hydrogen-bond donors (Lipinski definition) is 1. The second kappa shape index (κ2) is 11.0. The number of thioether (sulfide) groups is 1. The molecule has 5 rings (SSSR count). The second-order valence-electron chi connectivity index (χ2n) is 8.54. The lowest BCUT2D eigenvalue weighted by Crippen LogP contribution is -2.26. The first-order chi connectivity index (χ1) is 18.4. The number of carbonyl (C=O) groups excluding carboxylic acids is 1. The number of hydrogen-bond acceptors (Lipinski definition) is 6. The summed E-state index contributed by atoms with van der Waals surface area (Å²) in [5, 5.41) is 3.81. The number of methoxy groups -OCH3 is 1. The maximum absolute atomic E-state index is 14.1. The number of rotatable bonds is 7. The van der Waals surface area contributed by atoms with Crippen molar-refractivity contribution < 1.29 is 9.53 Å². The summed E-state index contributed by atoms with van der Waals surface area (Å²) in [6, 6.07) is 24.3. The van der Waals surface area contributed by atoms with E-state index < -0.39 is 5.25 Å². The third-order valence-electron chi connectivity index (χ3n) is 6.02. The van der Waals surface area contributed by atoms with Gasteiger partial charge in [0.2, 0.25) is 5.91 Å². The normalized spacial score (nSPS) is 11.9. The number of carbonyl (C=O) groups is 1. The minimum absolute atomic E-state index is 0.170. The smallest absolute Gasteiger partial charge is 0.268 e. The summed E-state index contributed by atoms with van der Waals surface area (Å²) < 4.78 is 6.95. The molecule has 0 aliphatic heterocycles. The van der Waals surface area contributed by atoms with Gasteiger partial charge in [-0.3, -0.25) is 14.2 Å². The van der Waals surface area contributed by atoms with Gasteiger partial charge in [-0.2, -0.15) is 0 Å². The number of aromatic nitrogens is 2. The summed E-state index contributed by atoms with van der Waals surface area (Å²) in [6.07, 6.45) is 0. The SMILES string of the molecule is COc1ccc(Cl)cc1NC(=O)C(C)Sc1nc2sc(C)c(-c3ccccc3)c2c(=O)n1-c1ccccc1. The summed E-state index contributed by atoms with van der Waals surface area (Å²) >= 11 is 8.83. The summed E-state index contributed by atoms with van der Waals surface area (Å²) in [7, 11) is 1.53. The van der Waals surface area contributed by atoms with E-state index >= 15 is 0 Å². The van der Waals surface area contributed by atoms with Crippen LogP contribution in [0.15, 0.2) is 88.8 Å². The zero-order valence-electron chi connectivity index (χ0n) is 20.9. The number of nitrogens with zero attached hydrogens (tertiary/aromatic N) is 2. The van der Waals surface area contributed by atoms with E-state index in [2.05, 4.69) is 5.32 Å². The van der Waals surface area contributed by atoms with Gasteiger partial charge in [-0.1, -0.05) is 71.9 Å². The number of amides is 1. The van der Waals surface area contributed by atoms with E-state index in [0.29, 0.717) is 37.5 Å². The van der Waals surface area contributed by atoms with Gasteiger partial charge in [-0.05, 0) is 49.7 Å². The number of para-hydroxylation sites is 1. The summed E-state index contributed by atoms with van der Waals surface area (Å²) in [6.45, 7) is 3.78. The van der Waals surface area contributed by atoms with E-state index in [0.717, 1.165) is 16.0 Å². The van der Waals surface area contributed by atoms with Crippen molar-refractivity contribution in [1.82, 2.24) is 9.55 Å². The van der Waals surface area contributed by atoms with Crippen molar-refractivity contribution in [2.24, 2.45) is 0 Å². The zero-order valence-corrected chi connectivity index (χ0v) is 23.3. The largest absolute Gasteiger partial charge is 0.495 e. The van der Waals surface area contributed by atoms with Crippen LogP contribution in [-0.4, -0.2) is 27.8 Å². The third-order valence-corrected chi connectivity index (χ3v) is 8.31. The monoisotopic (exact) mass is 561 g/mol. The molecule has 0 spiro atoms. The highest BCUT2D eigenvalue weighted by molar-refractivity contribution is 8.00. The molecule has 5 aromatic rings. The fraction of sp³-hybridized carbons (Fsp3) is 0.138. The van der Waals surface area contributed by atoms with Gasteiger partial charge >= 0.3 is 0 Å². The molecule has 0 aliphatic rings. The van der Waals surface area contributed by atoms with Crippen LogP contribution in [0.5, 0.6) is 5.75 Å². The van der Waals surface area contributed by atoms with Crippen molar-refractivity contribution in [2.45, 2.75) is 24.3 Å². The van der Waals surface area contributed by atoms with Gasteiger partial charge in [0.05, 0.1) is 29.1 Å². The minimum atomic E-state index is -0.576.